The number of rotatable bonds is 4. The van der Waals surface area contributed by atoms with Gasteiger partial charge in [-0.15, -0.1) is 0 Å². The van der Waals surface area contributed by atoms with Gasteiger partial charge in [0.1, 0.15) is 17.3 Å². The number of nitrogens with zero attached hydrogens (tertiary/aromatic N) is 2. The van der Waals surface area contributed by atoms with Gasteiger partial charge in [0.05, 0.1) is 5.92 Å². The van der Waals surface area contributed by atoms with E-state index in [0.29, 0.717) is 23.9 Å². The Morgan fingerprint density at radius 3 is 2.67 bits per heavy atom. The largest absolute Gasteiger partial charge is 0.330 e. The molecule has 0 saturated carbocycles. The van der Waals surface area contributed by atoms with Gasteiger partial charge in [-0.3, -0.25) is 4.79 Å². The van der Waals surface area contributed by atoms with E-state index in [9.17, 15) is 4.79 Å². The van der Waals surface area contributed by atoms with E-state index in [-0.39, 0.29) is 17.2 Å². The van der Waals surface area contributed by atoms with Gasteiger partial charge in [0, 0.05) is 12.6 Å². The van der Waals surface area contributed by atoms with Crippen LogP contribution >= 0.6 is 11.6 Å². The highest BCUT2D eigenvalue weighted by atomic mass is 35.5. The van der Waals surface area contributed by atoms with E-state index in [1.807, 2.05) is 0 Å². The standard InChI is InChI=1S/C12H19ClN4O/c1-12(2,3)5-8(6-14)11(18)17-10-4-9(13)15-7-16-10/h4,7-8H,5-6,14H2,1-3H3,(H,15,16,17,18). The van der Waals surface area contributed by atoms with Crippen molar-refractivity contribution in [3.05, 3.63) is 17.5 Å². The van der Waals surface area contributed by atoms with Crippen molar-refractivity contribution >= 4 is 23.3 Å². The summed E-state index contributed by atoms with van der Waals surface area (Å²) in [6.45, 7) is 6.53. The second-order valence-corrected chi connectivity index (χ2v) is 5.80. The molecular formula is C12H19ClN4O. The lowest BCUT2D eigenvalue weighted by Gasteiger charge is -2.24. The predicted octanol–water partition coefficient (Wildman–Crippen LogP) is 2.08. The van der Waals surface area contributed by atoms with Crippen LogP contribution in [0.15, 0.2) is 12.4 Å². The van der Waals surface area contributed by atoms with Crippen molar-refractivity contribution in [3.8, 4) is 0 Å². The monoisotopic (exact) mass is 270 g/mol. The molecule has 1 heterocycles. The van der Waals surface area contributed by atoms with Crippen LogP contribution in [0.3, 0.4) is 0 Å². The lowest BCUT2D eigenvalue weighted by Crippen LogP contribution is -2.32. The molecule has 1 unspecified atom stereocenters. The first-order valence-corrected chi connectivity index (χ1v) is 6.18. The molecule has 1 amide bonds. The van der Waals surface area contributed by atoms with Crippen LogP contribution in [0, 0.1) is 11.3 Å². The fraction of sp³-hybridized carbons (Fsp3) is 0.583. The van der Waals surface area contributed by atoms with Crippen molar-refractivity contribution in [1.82, 2.24) is 9.97 Å². The van der Waals surface area contributed by atoms with E-state index >= 15 is 0 Å². The first-order chi connectivity index (χ1) is 8.31. The van der Waals surface area contributed by atoms with Gasteiger partial charge < -0.3 is 11.1 Å². The summed E-state index contributed by atoms with van der Waals surface area (Å²) in [4.78, 5) is 19.7. The highest BCUT2D eigenvalue weighted by molar-refractivity contribution is 6.29. The third-order valence-corrected chi connectivity index (χ3v) is 2.61. The maximum atomic E-state index is 12.0. The molecule has 100 valence electrons. The minimum atomic E-state index is -0.237. The zero-order valence-corrected chi connectivity index (χ0v) is 11.7. The van der Waals surface area contributed by atoms with Gasteiger partial charge in [0.2, 0.25) is 5.91 Å². The molecule has 0 aliphatic heterocycles. The van der Waals surface area contributed by atoms with Crippen molar-refractivity contribution in [1.29, 1.82) is 0 Å². The van der Waals surface area contributed by atoms with Crippen LogP contribution in [0.1, 0.15) is 27.2 Å². The van der Waals surface area contributed by atoms with Crippen LogP contribution in [0.5, 0.6) is 0 Å². The fourth-order valence-corrected chi connectivity index (χ4v) is 1.80. The van der Waals surface area contributed by atoms with E-state index < -0.39 is 0 Å². The maximum absolute atomic E-state index is 12.0. The van der Waals surface area contributed by atoms with Crippen LogP contribution in [-0.2, 0) is 4.79 Å². The highest BCUT2D eigenvalue weighted by Gasteiger charge is 2.24. The quantitative estimate of drug-likeness (QED) is 0.821. The number of nitrogens with two attached hydrogens (primary N) is 1. The highest BCUT2D eigenvalue weighted by Crippen LogP contribution is 2.24. The van der Waals surface area contributed by atoms with Gasteiger partial charge in [-0.1, -0.05) is 32.4 Å². The molecule has 1 atom stereocenters. The molecule has 1 aromatic rings. The molecular weight excluding hydrogens is 252 g/mol. The zero-order chi connectivity index (χ0) is 13.8. The molecule has 0 aliphatic rings. The smallest absolute Gasteiger partial charge is 0.229 e. The Labute approximate surface area is 112 Å². The van der Waals surface area contributed by atoms with E-state index in [2.05, 4.69) is 36.1 Å². The fourth-order valence-electron chi connectivity index (χ4n) is 1.65. The summed E-state index contributed by atoms with van der Waals surface area (Å²) in [5, 5.41) is 2.99. The van der Waals surface area contributed by atoms with E-state index in [1.54, 1.807) is 0 Å². The van der Waals surface area contributed by atoms with Crippen molar-refractivity contribution in [3.63, 3.8) is 0 Å². The number of hydrogen-bond acceptors (Lipinski definition) is 4. The number of nitrogens with one attached hydrogen (secondary N) is 1. The van der Waals surface area contributed by atoms with Gasteiger partial charge >= 0.3 is 0 Å². The Morgan fingerprint density at radius 2 is 2.17 bits per heavy atom. The molecule has 18 heavy (non-hydrogen) atoms. The van der Waals surface area contributed by atoms with E-state index in [4.69, 9.17) is 17.3 Å². The number of hydrogen-bond donors (Lipinski definition) is 2. The summed E-state index contributed by atoms with van der Waals surface area (Å²) in [5.74, 6) is 0.0216. The van der Waals surface area contributed by atoms with Crippen molar-refractivity contribution in [2.45, 2.75) is 27.2 Å². The van der Waals surface area contributed by atoms with Gasteiger partial charge in [-0.2, -0.15) is 0 Å². The molecule has 0 aromatic carbocycles. The summed E-state index contributed by atoms with van der Waals surface area (Å²) in [6.07, 6.45) is 2.02. The lowest BCUT2D eigenvalue weighted by molar-refractivity contribution is -0.120. The molecule has 1 rings (SSSR count). The molecule has 5 nitrogen and oxygen atoms in total. The number of carbonyl (C=O) groups is 1. The minimum absolute atomic E-state index is 0.0463. The Morgan fingerprint density at radius 1 is 1.50 bits per heavy atom. The van der Waals surface area contributed by atoms with E-state index in [1.165, 1.54) is 12.4 Å². The molecule has 3 N–H and O–H groups in total. The normalized spacial score (nSPS) is 13.2. The van der Waals surface area contributed by atoms with E-state index in [0.717, 1.165) is 0 Å². The third kappa shape index (κ3) is 4.98. The van der Waals surface area contributed by atoms with Gasteiger partial charge in [-0.05, 0) is 11.8 Å². The second kappa shape index (κ2) is 6.11. The van der Waals surface area contributed by atoms with Crippen LogP contribution in [0.4, 0.5) is 5.82 Å². The molecule has 0 aliphatic carbocycles. The van der Waals surface area contributed by atoms with Crippen LogP contribution < -0.4 is 11.1 Å². The van der Waals surface area contributed by atoms with Crippen LogP contribution in [0.2, 0.25) is 5.15 Å². The predicted molar refractivity (Wildman–Crippen MR) is 72.3 cm³/mol. The zero-order valence-electron chi connectivity index (χ0n) is 10.9. The average Bonchev–Trinajstić information content (AvgIpc) is 2.24. The number of amides is 1. The Balaban J connectivity index is 2.68. The third-order valence-electron chi connectivity index (χ3n) is 2.40. The molecule has 1 aromatic heterocycles. The SMILES string of the molecule is CC(C)(C)CC(CN)C(=O)Nc1cc(Cl)ncn1. The summed E-state index contributed by atoms with van der Waals surface area (Å²) in [5.41, 5.74) is 5.69. The Bertz CT molecular complexity index is 417. The second-order valence-electron chi connectivity index (χ2n) is 5.41. The molecule has 0 fully saturated rings. The summed E-state index contributed by atoms with van der Waals surface area (Å²) >= 11 is 5.72. The number of carbonyl (C=O) groups excluding carboxylic acids is 1. The Hall–Kier alpha value is -1.20. The minimum Gasteiger partial charge on any atom is -0.330 e. The lowest BCUT2D eigenvalue weighted by atomic mass is 9.84. The molecule has 0 radical (unpaired) electrons. The maximum Gasteiger partial charge on any atom is 0.229 e. The number of aromatic nitrogens is 2. The first kappa shape index (κ1) is 14.9. The number of anilines is 1. The summed E-state index contributed by atoms with van der Waals surface area (Å²) in [7, 11) is 0. The van der Waals surface area contributed by atoms with Gasteiger partial charge in [0.15, 0.2) is 0 Å². The van der Waals surface area contributed by atoms with Crippen molar-refractivity contribution in [2.75, 3.05) is 11.9 Å². The van der Waals surface area contributed by atoms with Crippen molar-refractivity contribution in [2.24, 2.45) is 17.1 Å². The van der Waals surface area contributed by atoms with Gasteiger partial charge in [-0.25, -0.2) is 9.97 Å². The topological polar surface area (TPSA) is 80.9 Å². The molecule has 6 heteroatoms. The summed E-state index contributed by atoms with van der Waals surface area (Å²) < 4.78 is 0. The first-order valence-electron chi connectivity index (χ1n) is 5.80. The average molecular weight is 271 g/mol. The van der Waals surface area contributed by atoms with Crippen LogP contribution in [-0.4, -0.2) is 22.4 Å². The summed E-state index contributed by atoms with van der Waals surface area (Å²) in [6, 6.07) is 1.50. The Kier molecular flexibility index (Phi) is 5.04. The van der Waals surface area contributed by atoms with Crippen LogP contribution in [0.25, 0.3) is 0 Å². The molecule has 0 saturated heterocycles. The van der Waals surface area contributed by atoms with Crippen molar-refractivity contribution < 1.29 is 4.79 Å². The molecule has 0 bridgehead atoms. The molecule has 0 spiro atoms. The number of halogens is 1. The van der Waals surface area contributed by atoms with Gasteiger partial charge in [0.25, 0.3) is 0 Å².